The summed E-state index contributed by atoms with van der Waals surface area (Å²) in [6.07, 6.45) is 2.97. The molecule has 0 aromatic carbocycles. The summed E-state index contributed by atoms with van der Waals surface area (Å²) in [6.45, 7) is 0.611. The lowest BCUT2D eigenvalue weighted by Gasteiger charge is -2.21. The first-order valence-electron chi connectivity index (χ1n) is 5.97. The standard InChI is InChI=1S/C12H15ClN6O/c1-18(11-4-3-9(13)5-14-11)7-12(20)19(2)6-10-15-8-16-17-10/h3-5,8H,6-7H2,1-2H3,(H,15,16,17). The topological polar surface area (TPSA) is 78.0 Å². The van der Waals surface area contributed by atoms with Crippen LogP contribution in [0.4, 0.5) is 5.82 Å². The minimum atomic E-state index is -0.0411. The monoisotopic (exact) mass is 294 g/mol. The number of anilines is 1. The lowest BCUT2D eigenvalue weighted by molar-refractivity contribution is -0.129. The van der Waals surface area contributed by atoms with Crippen molar-refractivity contribution < 1.29 is 4.79 Å². The van der Waals surface area contributed by atoms with E-state index in [0.717, 1.165) is 0 Å². The average Bonchev–Trinajstić information content (AvgIpc) is 2.92. The van der Waals surface area contributed by atoms with Crippen LogP contribution in [0.2, 0.25) is 5.02 Å². The molecule has 0 radical (unpaired) electrons. The molecule has 106 valence electrons. The number of hydrogen-bond donors (Lipinski definition) is 1. The minimum Gasteiger partial charge on any atom is -0.350 e. The van der Waals surface area contributed by atoms with Gasteiger partial charge < -0.3 is 9.80 Å². The van der Waals surface area contributed by atoms with Gasteiger partial charge in [0.25, 0.3) is 0 Å². The zero-order chi connectivity index (χ0) is 14.5. The summed E-state index contributed by atoms with van der Waals surface area (Å²) in [5.74, 6) is 1.30. The first kappa shape index (κ1) is 14.3. The highest BCUT2D eigenvalue weighted by atomic mass is 35.5. The first-order chi connectivity index (χ1) is 9.56. The number of carbonyl (C=O) groups excluding carboxylic acids is 1. The molecule has 0 unspecified atom stereocenters. The summed E-state index contributed by atoms with van der Waals surface area (Å²) in [4.78, 5) is 23.6. The molecule has 0 bridgehead atoms. The van der Waals surface area contributed by atoms with E-state index in [1.807, 2.05) is 0 Å². The van der Waals surface area contributed by atoms with E-state index in [1.54, 1.807) is 42.2 Å². The van der Waals surface area contributed by atoms with Crippen LogP contribution >= 0.6 is 11.6 Å². The van der Waals surface area contributed by atoms with Crippen LogP contribution in [0.3, 0.4) is 0 Å². The number of aromatic nitrogens is 4. The Kier molecular flexibility index (Phi) is 4.52. The summed E-state index contributed by atoms with van der Waals surface area (Å²) in [7, 11) is 3.52. The van der Waals surface area contributed by atoms with E-state index in [-0.39, 0.29) is 12.5 Å². The van der Waals surface area contributed by atoms with Crippen LogP contribution in [0.15, 0.2) is 24.7 Å². The van der Waals surface area contributed by atoms with E-state index < -0.39 is 0 Å². The Labute approximate surface area is 121 Å². The average molecular weight is 295 g/mol. The van der Waals surface area contributed by atoms with Crippen LogP contribution in [0.25, 0.3) is 0 Å². The van der Waals surface area contributed by atoms with Crippen molar-refractivity contribution in [3.63, 3.8) is 0 Å². The second-order valence-electron chi connectivity index (χ2n) is 4.37. The van der Waals surface area contributed by atoms with Gasteiger partial charge in [-0.1, -0.05) is 11.6 Å². The third-order valence-corrected chi connectivity index (χ3v) is 2.98. The van der Waals surface area contributed by atoms with Gasteiger partial charge in [0, 0.05) is 20.3 Å². The van der Waals surface area contributed by atoms with Crippen LogP contribution in [0, 0.1) is 0 Å². The van der Waals surface area contributed by atoms with E-state index in [9.17, 15) is 4.79 Å². The Hall–Kier alpha value is -2.15. The van der Waals surface area contributed by atoms with Crippen molar-refractivity contribution in [2.24, 2.45) is 0 Å². The molecule has 0 saturated heterocycles. The Morgan fingerprint density at radius 2 is 2.15 bits per heavy atom. The van der Waals surface area contributed by atoms with Crippen molar-refractivity contribution in [3.8, 4) is 0 Å². The van der Waals surface area contributed by atoms with Crippen molar-refractivity contribution in [2.75, 3.05) is 25.5 Å². The second-order valence-corrected chi connectivity index (χ2v) is 4.81. The number of rotatable bonds is 5. The fourth-order valence-electron chi connectivity index (χ4n) is 1.62. The molecule has 0 aliphatic carbocycles. The maximum atomic E-state index is 12.1. The van der Waals surface area contributed by atoms with Crippen molar-refractivity contribution in [1.29, 1.82) is 0 Å². The molecule has 0 aliphatic rings. The van der Waals surface area contributed by atoms with Crippen molar-refractivity contribution in [3.05, 3.63) is 35.5 Å². The molecule has 2 rings (SSSR count). The largest absolute Gasteiger partial charge is 0.350 e. The third kappa shape index (κ3) is 3.67. The van der Waals surface area contributed by atoms with Crippen LogP contribution in [-0.2, 0) is 11.3 Å². The predicted octanol–water partition coefficient (Wildman–Crippen LogP) is 0.948. The molecule has 0 spiro atoms. The molecular weight excluding hydrogens is 280 g/mol. The molecule has 0 atom stereocenters. The number of pyridine rings is 1. The Morgan fingerprint density at radius 3 is 2.75 bits per heavy atom. The molecular formula is C12H15ClN6O. The Bertz CT molecular complexity index is 556. The van der Waals surface area contributed by atoms with Crippen molar-refractivity contribution >= 4 is 23.3 Å². The van der Waals surface area contributed by atoms with Crippen LogP contribution in [0.1, 0.15) is 5.82 Å². The molecule has 7 nitrogen and oxygen atoms in total. The molecule has 0 aliphatic heterocycles. The molecule has 2 heterocycles. The zero-order valence-corrected chi connectivity index (χ0v) is 12.0. The molecule has 0 saturated carbocycles. The summed E-state index contributed by atoms with van der Waals surface area (Å²) < 4.78 is 0. The number of H-pyrrole nitrogens is 1. The number of hydrogen-bond acceptors (Lipinski definition) is 5. The molecule has 1 N–H and O–H groups in total. The maximum Gasteiger partial charge on any atom is 0.242 e. The summed E-state index contributed by atoms with van der Waals surface area (Å²) >= 11 is 5.78. The fourth-order valence-corrected chi connectivity index (χ4v) is 1.73. The fraction of sp³-hybridized carbons (Fsp3) is 0.333. The zero-order valence-electron chi connectivity index (χ0n) is 11.2. The number of halogens is 1. The van der Waals surface area contributed by atoms with Crippen molar-refractivity contribution in [2.45, 2.75) is 6.54 Å². The highest BCUT2D eigenvalue weighted by Crippen LogP contribution is 2.12. The SMILES string of the molecule is CN(Cc1ncn[nH]1)C(=O)CN(C)c1ccc(Cl)cn1. The quantitative estimate of drug-likeness (QED) is 0.888. The number of amides is 1. The molecule has 0 fully saturated rings. The Morgan fingerprint density at radius 1 is 1.35 bits per heavy atom. The number of nitrogens with one attached hydrogen (secondary N) is 1. The normalized spacial score (nSPS) is 10.3. The number of likely N-dealkylation sites (N-methyl/N-ethyl adjacent to an activating group) is 2. The van der Waals surface area contributed by atoms with Gasteiger partial charge in [0.1, 0.15) is 18.0 Å². The van der Waals surface area contributed by atoms with E-state index in [2.05, 4.69) is 20.2 Å². The van der Waals surface area contributed by atoms with E-state index in [4.69, 9.17) is 11.6 Å². The highest BCUT2D eigenvalue weighted by molar-refractivity contribution is 6.30. The predicted molar refractivity (Wildman–Crippen MR) is 75.4 cm³/mol. The van der Waals surface area contributed by atoms with Gasteiger partial charge in [-0.25, -0.2) is 9.97 Å². The lowest BCUT2D eigenvalue weighted by atomic mass is 10.4. The van der Waals surface area contributed by atoms with E-state index in [0.29, 0.717) is 23.2 Å². The van der Waals surface area contributed by atoms with Gasteiger partial charge in [-0.3, -0.25) is 9.89 Å². The molecule has 20 heavy (non-hydrogen) atoms. The van der Waals surface area contributed by atoms with Gasteiger partial charge in [-0.2, -0.15) is 5.10 Å². The molecule has 2 aromatic rings. The molecule has 2 aromatic heterocycles. The summed E-state index contributed by atoms with van der Waals surface area (Å²) in [6, 6.07) is 3.51. The van der Waals surface area contributed by atoms with Gasteiger partial charge >= 0.3 is 0 Å². The second kappa shape index (κ2) is 6.33. The number of carbonyl (C=O) groups is 1. The van der Waals surface area contributed by atoms with Crippen LogP contribution in [-0.4, -0.2) is 51.6 Å². The van der Waals surface area contributed by atoms with Crippen molar-refractivity contribution in [1.82, 2.24) is 25.1 Å². The van der Waals surface area contributed by atoms with Gasteiger partial charge in [0.05, 0.1) is 18.1 Å². The number of aromatic amines is 1. The minimum absolute atomic E-state index is 0.0411. The Balaban J connectivity index is 1.91. The molecule has 8 heteroatoms. The highest BCUT2D eigenvalue weighted by Gasteiger charge is 2.14. The van der Waals surface area contributed by atoms with Gasteiger partial charge in [-0.15, -0.1) is 0 Å². The van der Waals surface area contributed by atoms with Gasteiger partial charge in [0.15, 0.2) is 0 Å². The van der Waals surface area contributed by atoms with Crippen LogP contribution < -0.4 is 4.90 Å². The maximum absolute atomic E-state index is 12.1. The smallest absolute Gasteiger partial charge is 0.242 e. The van der Waals surface area contributed by atoms with E-state index >= 15 is 0 Å². The summed E-state index contributed by atoms with van der Waals surface area (Å²) in [5.41, 5.74) is 0. The molecule has 1 amide bonds. The lowest BCUT2D eigenvalue weighted by Crippen LogP contribution is -2.36. The summed E-state index contributed by atoms with van der Waals surface area (Å²) in [5, 5.41) is 7.03. The van der Waals surface area contributed by atoms with Gasteiger partial charge in [-0.05, 0) is 12.1 Å². The van der Waals surface area contributed by atoms with Gasteiger partial charge in [0.2, 0.25) is 5.91 Å². The number of nitrogens with zero attached hydrogens (tertiary/aromatic N) is 5. The van der Waals surface area contributed by atoms with E-state index in [1.165, 1.54) is 6.33 Å². The first-order valence-corrected chi connectivity index (χ1v) is 6.35. The van der Waals surface area contributed by atoms with Crippen LogP contribution in [0.5, 0.6) is 0 Å². The third-order valence-electron chi connectivity index (χ3n) is 2.75.